The maximum atomic E-state index is 11.8. The number of hydrogen-bond acceptors (Lipinski definition) is 4. The van der Waals surface area contributed by atoms with Crippen molar-refractivity contribution >= 4 is 11.8 Å². The van der Waals surface area contributed by atoms with Gasteiger partial charge in [0.1, 0.15) is 5.56 Å². The summed E-state index contributed by atoms with van der Waals surface area (Å²) in [6.07, 6.45) is 1.31. The van der Waals surface area contributed by atoms with Gasteiger partial charge in [-0.2, -0.15) is 0 Å². The molecule has 0 spiro atoms. The Morgan fingerprint density at radius 1 is 1.30 bits per heavy atom. The van der Waals surface area contributed by atoms with Crippen molar-refractivity contribution in [1.29, 1.82) is 0 Å². The summed E-state index contributed by atoms with van der Waals surface area (Å²) < 4.78 is 1.43. The number of pyridine rings is 1. The van der Waals surface area contributed by atoms with Gasteiger partial charge in [0.25, 0.3) is 11.8 Å². The van der Waals surface area contributed by atoms with Crippen molar-refractivity contribution in [3.63, 3.8) is 0 Å². The van der Waals surface area contributed by atoms with Gasteiger partial charge in [0, 0.05) is 33.4 Å². The molecule has 0 atom stereocenters. The SMILES string of the molecule is CC.CNC(=O)c1cn2c(c(O)c1=O)C(=O)N(C)CC2. The van der Waals surface area contributed by atoms with Crippen LogP contribution in [-0.2, 0) is 6.54 Å². The Morgan fingerprint density at radius 3 is 2.45 bits per heavy atom. The van der Waals surface area contributed by atoms with Crippen LogP contribution in [0.4, 0.5) is 0 Å². The number of carbonyl (C=O) groups is 2. The van der Waals surface area contributed by atoms with E-state index in [9.17, 15) is 19.5 Å². The summed E-state index contributed by atoms with van der Waals surface area (Å²) in [6.45, 7) is 4.89. The lowest BCUT2D eigenvalue weighted by molar-refractivity contribution is 0.0740. The Bertz CT molecular complexity index is 592. The molecule has 20 heavy (non-hydrogen) atoms. The number of nitrogens with zero attached hydrogens (tertiary/aromatic N) is 2. The summed E-state index contributed by atoms with van der Waals surface area (Å²) >= 11 is 0. The molecule has 0 saturated heterocycles. The van der Waals surface area contributed by atoms with Crippen LogP contribution >= 0.6 is 0 Å². The normalized spacial score (nSPS) is 13.2. The highest BCUT2D eigenvalue weighted by molar-refractivity contribution is 5.98. The van der Waals surface area contributed by atoms with Gasteiger partial charge < -0.3 is 19.9 Å². The number of fused-ring (bicyclic) bond motifs is 1. The molecule has 1 aliphatic heterocycles. The van der Waals surface area contributed by atoms with Crippen LogP contribution in [0, 0.1) is 0 Å². The summed E-state index contributed by atoms with van der Waals surface area (Å²) in [5.41, 5.74) is -1.07. The second-order valence-corrected chi connectivity index (χ2v) is 4.07. The van der Waals surface area contributed by atoms with E-state index in [4.69, 9.17) is 0 Å². The molecule has 0 unspecified atom stereocenters. The van der Waals surface area contributed by atoms with E-state index in [2.05, 4.69) is 5.32 Å². The molecule has 1 aromatic heterocycles. The third-order valence-corrected chi connectivity index (χ3v) is 2.95. The standard InChI is InChI=1S/C11H13N3O4.C2H6/c1-12-10(17)6-5-14-4-3-13(2)11(18)7(14)9(16)8(6)15;1-2/h5,16H,3-4H2,1-2H3,(H,12,17);1-2H3. The number of rotatable bonds is 1. The Kier molecular flexibility index (Phi) is 4.90. The average Bonchev–Trinajstić information content (AvgIpc) is 2.47. The minimum absolute atomic E-state index is 0.0681. The topological polar surface area (TPSA) is 91.6 Å². The van der Waals surface area contributed by atoms with Crippen LogP contribution in [0.2, 0.25) is 0 Å². The van der Waals surface area contributed by atoms with Crippen LogP contribution < -0.4 is 10.7 Å². The van der Waals surface area contributed by atoms with E-state index in [0.29, 0.717) is 13.1 Å². The number of likely N-dealkylation sites (N-methyl/N-ethyl adjacent to an activating group) is 1. The Balaban J connectivity index is 0.000000956. The van der Waals surface area contributed by atoms with E-state index < -0.39 is 23.0 Å². The monoisotopic (exact) mass is 281 g/mol. The second kappa shape index (κ2) is 6.23. The lowest BCUT2D eigenvalue weighted by atomic mass is 10.1. The van der Waals surface area contributed by atoms with Crippen molar-refractivity contribution in [3.8, 4) is 5.75 Å². The van der Waals surface area contributed by atoms with Gasteiger partial charge in [-0.25, -0.2) is 0 Å². The first-order chi connectivity index (χ1) is 9.47. The summed E-state index contributed by atoms with van der Waals surface area (Å²) in [5.74, 6) is -1.69. The Labute approximate surface area is 116 Å². The highest BCUT2D eigenvalue weighted by atomic mass is 16.3. The third kappa shape index (κ3) is 2.52. The highest BCUT2D eigenvalue weighted by Gasteiger charge is 2.28. The predicted molar refractivity (Wildman–Crippen MR) is 74.1 cm³/mol. The maximum absolute atomic E-state index is 11.8. The van der Waals surface area contributed by atoms with Gasteiger partial charge in [-0.3, -0.25) is 14.4 Å². The second-order valence-electron chi connectivity index (χ2n) is 4.07. The number of aromatic hydroxyl groups is 1. The number of carbonyl (C=O) groups excluding carboxylic acids is 2. The first-order valence-electron chi connectivity index (χ1n) is 6.41. The summed E-state index contributed by atoms with van der Waals surface area (Å²) in [7, 11) is 2.98. The van der Waals surface area contributed by atoms with Gasteiger partial charge in [0.2, 0.25) is 5.43 Å². The van der Waals surface area contributed by atoms with Crippen molar-refractivity contribution in [2.24, 2.45) is 0 Å². The van der Waals surface area contributed by atoms with Gasteiger partial charge in [0.15, 0.2) is 11.4 Å². The molecule has 7 nitrogen and oxygen atoms in total. The van der Waals surface area contributed by atoms with E-state index in [-0.39, 0.29) is 11.3 Å². The Hall–Kier alpha value is -2.31. The zero-order valence-electron chi connectivity index (χ0n) is 12.1. The first-order valence-corrected chi connectivity index (χ1v) is 6.41. The van der Waals surface area contributed by atoms with E-state index >= 15 is 0 Å². The molecule has 2 N–H and O–H groups in total. The van der Waals surface area contributed by atoms with Crippen molar-refractivity contribution in [2.45, 2.75) is 20.4 Å². The molecule has 1 aliphatic rings. The highest BCUT2D eigenvalue weighted by Crippen LogP contribution is 2.19. The zero-order valence-corrected chi connectivity index (χ0v) is 12.1. The molecule has 0 saturated carbocycles. The third-order valence-electron chi connectivity index (χ3n) is 2.95. The molecule has 110 valence electrons. The summed E-state index contributed by atoms with van der Waals surface area (Å²) in [6, 6.07) is 0. The molecule has 0 aromatic carbocycles. The molecule has 2 amide bonds. The van der Waals surface area contributed by atoms with E-state index in [1.54, 1.807) is 7.05 Å². The molecule has 0 fully saturated rings. The lowest BCUT2D eigenvalue weighted by Crippen LogP contribution is -2.40. The van der Waals surface area contributed by atoms with Gasteiger partial charge >= 0.3 is 0 Å². The number of nitrogens with one attached hydrogen (secondary N) is 1. The van der Waals surface area contributed by atoms with Crippen LogP contribution in [0.25, 0.3) is 0 Å². The van der Waals surface area contributed by atoms with Crippen molar-refractivity contribution < 1.29 is 14.7 Å². The largest absolute Gasteiger partial charge is 0.503 e. The smallest absolute Gasteiger partial charge is 0.274 e. The molecule has 0 bridgehead atoms. The van der Waals surface area contributed by atoms with Crippen LogP contribution in [0.1, 0.15) is 34.7 Å². The summed E-state index contributed by atoms with van der Waals surface area (Å²) in [4.78, 5) is 36.5. The number of aromatic nitrogens is 1. The average molecular weight is 281 g/mol. The fourth-order valence-electron chi connectivity index (χ4n) is 1.89. The fourth-order valence-corrected chi connectivity index (χ4v) is 1.89. The van der Waals surface area contributed by atoms with Gasteiger partial charge in [-0.05, 0) is 0 Å². The molecule has 7 heteroatoms. The van der Waals surface area contributed by atoms with Gasteiger partial charge in [0.05, 0.1) is 0 Å². The lowest BCUT2D eigenvalue weighted by Gasteiger charge is -2.27. The summed E-state index contributed by atoms with van der Waals surface area (Å²) in [5, 5.41) is 12.1. The predicted octanol–water partition coefficient (Wildman–Crippen LogP) is 0.0253. The minimum atomic E-state index is -0.829. The zero-order chi connectivity index (χ0) is 15.4. The van der Waals surface area contributed by atoms with Crippen LogP contribution in [0.15, 0.2) is 11.0 Å². The van der Waals surface area contributed by atoms with Crippen LogP contribution in [-0.4, -0.2) is 47.0 Å². The first kappa shape index (κ1) is 15.7. The number of amides is 2. The van der Waals surface area contributed by atoms with Crippen molar-refractivity contribution in [2.75, 3.05) is 20.6 Å². The van der Waals surface area contributed by atoms with Crippen LogP contribution in [0.3, 0.4) is 0 Å². The molecule has 0 radical (unpaired) electrons. The van der Waals surface area contributed by atoms with Crippen molar-refractivity contribution in [1.82, 2.24) is 14.8 Å². The molecule has 0 aliphatic carbocycles. The molecular formula is C13H19N3O4. The molecular weight excluding hydrogens is 262 g/mol. The fraction of sp³-hybridized carbons (Fsp3) is 0.462. The van der Waals surface area contributed by atoms with E-state index in [1.807, 2.05) is 13.8 Å². The van der Waals surface area contributed by atoms with Gasteiger partial charge in [-0.1, -0.05) is 13.8 Å². The van der Waals surface area contributed by atoms with E-state index in [1.165, 1.54) is 22.7 Å². The minimum Gasteiger partial charge on any atom is -0.503 e. The van der Waals surface area contributed by atoms with Crippen LogP contribution in [0.5, 0.6) is 5.75 Å². The van der Waals surface area contributed by atoms with Gasteiger partial charge in [-0.15, -0.1) is 0 Å². The number of hydrogen-bond donors (Lipinski definition) is 2. The molecule has 2 heterocycles. The molecule has 1 aromatic rings. The molecule has 2 rings (SSSR count). The Morgan fingerprint density at radius 2 is 1.90 bits per heavy atom. The van der Waals surface area contributed by atoms with Crippen molar-refractivity contribution in [3.05, 3.63) is 27.7 Å². The quantitative estimate of drug-likeness (QED) is 0.759. The maximum Gasteiger partial charge on any atom is 0.274 e. The van der Waals surface area contributed by atoms with E-state index in [0.717, 1.165) is 0 Å².